The van der Waals surface area contributed by atoms with E-state index in [9.17, 15) is 14.9 Å². The normalized spacial score (nSPS) is 11.1. The zero-order valence-corrected chi connectivity index (χ0v) is 11.0. The molecule has 0 saturated heterocycles. The molecule has 18 heavy (non-hydrogen) atoms. The van der Waals surface area contributed by atoms with E-state index in [1.807, 2.05) is 20.8 Å². The summed E-state index contributed by atoms with van der Waals surface area (Å²) in [6.07, 6.45) is 0. The van der Waals surface area contributed by atoms with Gasteiger partial charge in [-0.2, -0.15) is 0 Å². The molecule has 0 N–H and O–H groups in total. The van der Waals surface area contributed by atoms with Crippen LogP contribution in [0.2, 0.25) is 0 Å². The van der Waals surface area contributed by atoms with Gasteiger partial charge < -0.3 is 4.74 Å². The summed E-state index contributed by atoms with van der Waals surface area (Å²) in [6.45, 7) is 7.07. The number of aryl methyl sites for hydroxylation is 1. The van der Waals surface area contributed by atoms with E-state index in [1.165, 1.54) is 12.1 Å². The highest BCUT2D eigenvalue weighted by molar-refractivity contribution is 5.85. The Kier molecular flexibility index (Phi) is 4.06. The maximum Gasteiger partial charge on any atom is 0.272 e. The van der Waals surface area contributed by atoms with Gasteiger partial charge in [-0.15, -0.1) is 0 Å². The van der Waals surface area contributed by atoms with Crippen LogP contribution in [-0.2, 0) is 4.79 Å². The lowest BCUT2D eigenvalue weighted by Gasteiger charge is -2.16. The Balaban J connectivity index is 2.73. The number of nitro groups is 1. The number of benzene rings is 1. The summed E-state index contributed by atoms with van der Waals surface area (Å²) in [6, 6.07) is 4.45. The standard InChI is InChI=1S/C13H17NO4/c1-9-7-10(5-6-11(9)14(16)17)18-8-12(15)13(2,3)4/h5-7H,8H2,1-4H3. The summed E-state index contributed by atoms with van der Waals surface area (Å²) in [5.74, 6) is 0.453. The predicted octanol–water partition coefficient (Wildman–Crippen LogP) is 2.90. The van der Waals surface area contributed by atoms with Gasteiger partial charge in [-0.05, 0) is 19.1 Å². The van der Waals surface area contributed by atoms with Gasteiger partial charge in [0.05, 0.1) is 4.92 Å². The summed E-state index contributed by atoms with van der Waals surface area (Å²) < 4.78 is 5.34. The number of hydrogen-bond donors (Lipinski definition) is 0. The van der Waals surface area contributed by atoms with Gasteiger partial charge in [0.15, 0.2) is 5.78 Å². The molecule has 0 radical (unpaired) electrons. The lowest BCUT2D eigenvalue weighted by Crippen LogP contribution is -2.26. The maximum atomic E-state index is 11.7. The van der Waals surface area contributed by atoms with Crippen molar-refractivity contribution in [1.29, 1.82) is 0 Å². The van der Waals surface area contributed by atoms with Crippen molar-refractivity contribution in [3.63, 3.8) is 0 Å². The number of nitrogens with zero attached hydrogens (tertiary/aromatic N) is 1. The van der Waals surface area contributed by atoms with Gasteiger partial charge in [-0.3, -0.25) is 14.9 Å². The second-order valence-corrected chi connectivity index (χ2v) is 5.17. The molecule has 0 saturated carbocycles. The first kappa shape index (κ1) is 14.2. The van der Waals surface area contributed by atoms with Crippen LogP contribution in [0.25, 0.3) is 0 Å². The van der Waals surface area contributed by atoms with Crippen molar-refractivity contribution in [3.8, 4) is 5.75 Å². The number of rotatable bonds is 4. The highest BCUT2D eigenvalue weighted by Gasteiger charge is 2.21. The fourth-order valence-corrected chi connectivity index (χ4v) is 1.29. The molecule has 0 fully saturated rings. The molecule has 98 valence electrons. The Morgan fingerprint density at radius 2 is 2.00 bits per heavy atom. The van der Waals surface area contributed by atoms with E-state index in [0.29, 0.717) is 11.3 Å². The number of ketones is 1. The second-order valence-electron chi connectivity index (χ2n) is 5.17. The molecule has 1 aromatic carbocycles. The third kappa shape index (κ3) is 3.55. The van der Waals surface area contributed by atoms with E-state index >= 15 is 0 Å². The van der Waals surface area contributed by atoms with Crippen LogP contribution in [0.15, 0.2) is 18.2 Å². The smallest absolute Gasteiger partial charge is 0.272 e. The quantitative estimate of drug-likeness (QED) is 0.609. The maximum absolute atomic E-state index is 11.7. The van der Waals surface area contributed by atoms with E-state index < -0.39 is 10.3 Å². The second kappa shape index (κ2) is 5.16. The van der Waals surface area contributed by atoms with Gasteiger partial charge in [-0.25, -0.2) is 0 Å². The average Bonchev–Trinajstić information content (AvgIpc) is 2.24. The number of carbonyl (C=O) groups excluding carboxylic acids is 1. The van der Waals surface area contributed by atoms with Crippen molar-refractivity contribution in [2.75, 3.05) is 6.61 Å². The van der Waals surface area contributed by atoms with Crippen molar-refractivity contribution >= 4 is 11.5 Å². The fraction of sp³-hybridized carbons (Fsp3) is 0.462. The van der Waals surface area contributed by atoms with Crippen LogP contribution in [0.1, 0.15) is 26.3 Å². The highest BCUT2D eigenvalue weighted by Crippen LogP contribution is 2.23. The van der Waals surface area contributed by atoms with Crippen LogP contribution in [0.4, 0.5) is 5.69 Å². The number of nitro benzene ring substituents is 1. The minimum Gasteiger partial charge on any atom is -0.486 e. The van der Waals surface area contributed by atoms with E-state index in [-0.39, 0.29) is 18.1 Å². The van der Waals surface area contributed by atoms with Crippen molar-refractivity contribution in [1.82, 2.24) is 0 Å². The van der Waals surface area contributed by atoms with Gasteiger partial charge in [0.25, 0.3) is 5.69 Å². The molecule has 0 heterocycles. The molecule has 1 aromatic rings. The largest absolute Gasteiger partial charge is 0.486 e. The summed E-state index contributed by atoms with van der Waals surface area (Å²) >= 11 is 0. The van der Waals surface area contributed by atoms with Gasteiger partial charge in [0.2, 0.25) is 0 Å². The van der Waals surface area contributed by atoms with Crippen molar-refractivity contribution < 1.29 is 14.5 Å². The number of ether oxygens (including phenoxy) is 1. The molecule has 0 atom stereocenters. The van der Waals surface area contributed by atoms with Crippen molar-refractivity contribution in [3.05, 3.63) is 33.9 Å². The fourth-order valence-electron chi connectivity index (χ4n) is 1.29. The Labute approximate surface area is 106 Å². The lowest BCUT2D eigenvalue weighted by atomic mass is 9.91. The minimum absolute atomic E-state index is 0.0153. The van der Waals surface area contributed by atoms with Crippen LogP contribution < -0.4 is 4.74 Å². The molecule has 0 spiro atoms. The topological polar surface area (TPSA) is 69.4 Å². The molecule has 0 unspecified atom stereocenters. The van der Waals surface area contributed by atoms with Crippen LogP contribution >= 0.6 is 0 Å². The van der Waals surface area contributed by atoms with E-state index in [1.54, 1.807) is 13.0 Å². The number of hydrogen-bond acceptors (Lipinski definition) is 4. The third-order valence-corrected chi connectivity index (χ3v) is 2.57. The van der Waals surface area contributed by atoms with Crippen molar-refractivity contribution in [2.24, 2.45) is 5.41 Å². The highest BCUT2D eigenvalue weighted by atomic mass is 16.6. The summed E-state index contributed by atoms with van der Waals surface area (Å²) in [4.78, 5) is 21.9. The molecule has 0 aliphatic rings. The van der Waals surface area contributed by atoms with Gasteiger partial charge in [0.1, 0.15) is 12.4 Å². The van der Waals surface area contributed by atoms with Gasteiger partial charge >= 0.3 is 0 Å². The lowest BCUT2D eigenvalue weighted by molar-refractivity contribution is -0.385. The first-order valence-corrected chi connectivity index (χ1v) is 5.63. The molecule has 0 aromatic heterocycles. The van der Waals surface area contributed by atoms with Gasteiger partial charge in [-0.1, -0.05) is 20.8 Å². The zero-order chi connectivity index (χ0) is 13.9. The van der Waals surface area contributed by atoms with Crippen molar-refractivity contribution in [2.45, 2.75) is 27.7 Å². The Morgan fingerprint density at radius 3 is 2.44 bits per heavy atom. The average molecular weight is 251 g/mol. The Bertz CT molecular complexity index is 474. The zero-order valence-electron chi connectivity index (χ0n) is 11.0. The van der Waals surface area contributed by atoms with Crippen LogP contribution in [-0.4, -0.2) is 17.3 Å². The SMILES string of the molecule is Cc1cc(OCC(=O)C(C)(C)C)ccc1[N+](=O)[O-]. The number of Topliss-reactive ketones (excluding diaryl/α,β-unsaturated/α-hetero) is 1. The summed E-state index contributed by atoms with van der Waals surface area (Å²) in [5, 5.41) is 10.6. The van der Waals surface area contributed by atoms with E-state index in [0.717, 1.165) is 0 Å². The monoisotopic (exact) mass is 251 g/mol. The first-order valence-electron chi connectivity index (χ1n) is 5.63. The Morgan fingerprint density at radius 1 is 1.39 bits per heavy atom. The summed E-state index contributed by atoms with van der Waals surface area (Å²) in [5.41, 5.74) is 0.112. The molecule has 5 heteroatoms. The van der Waals surface area contributed by atoms with E-state index in [4.69, 9.17) is 4.74 Å². The van der Waals surface area contributed by atoms with Crippen LogP contribution in [0.3, 0.4) is 0 Å². The molecule has 0 aliphatic heterocycles. The summed E-state index contributed by atoms with van der Waals surface area (Å²) in [7, 11) is 0. The van der Waals surface area contributed by atoms with Crippen LogP contribution in [0.5, 0.6) is 5.75 Å². The molecule has 1 rings (SSSR count). The first-order chi connectivity index (χ1) is 8.21. The Hall–Kier alpha value is -1.91. The molecule has 0 amide bonds. The minimum atomic E-state index is -0.449. The predicted molar refractivity (Wildman–Crippen MR) is 67.8 cm³/mol. The third-order valence-electron chi connectivity index (χ3n) is 2.57. The number of carbonyl (C=O) groups is 1. The molecule has 0 bridgehead atoms. The van der Waals surface area contributed by atoms with Crippen LogP contribution in [0, 0.1) is 22.5 Å². The molecule has 5 nitrogen and oxygen atoms in total. The van der Waals surface area contributed by atoms with Gasteiger partial charge in [0, 0.05) is 17.0 Å². The molecular weight excluding hydrogens is 234 g/mol. The molecular formula is C13H17NO4. The molecule has 0 aliphatic carbocycles. The van der Waals surface area contributed by atoms with E-state index in [2.05, 4.69) is 0 Å².